The van der Waals surface area contributed by atoms with Crippen molar-refractivity contribution < 1.29 is 5.11 Å². The van der Waals surface area contributed by atoms with Crippen LogP contribution in [0.3, 0.4) is 0 Å². The summed E-state index contributed by atoms with van der Waals surface area (Å²) in [4.78, 5) is 0. The molecule has 0 atom stereocenters. The molecule has 0 radical (unpaired) electrons. The van der Waals surface area contributed by atoms with Gasteiger partial charge in [-0.05, 0) is 50.8 Å². The molecule has 0 aliphatic rings. The monoisotopic (exact) mass is 352 g/mol. The lowest BCUT2D eigenvalue weighted by atomic mass is 9.83. The molecule has 27 heavy (non-hydrogen) atoms. The van der Waals surface area contributed by atoms with Gasteiger partial charge in [0.1, 0.15) is 5.75 Å². The van der Waals surface area contributed by atoms with E-state index >= 15 is 0 Å². The van der Waals surface area contributed by atoms with Gasteiger partial charge in [-0.15, -0.1) is 0 Å². The Balaban J connectivity index is 2.14. The lowest BCUT2D eigenvalue weighted by Crippen LogP contribution is -2.10. The summed E-state index contributed by atoms with van der Waals surface area (Å²) < 4.78 is 0. The highest BCUT2D eigenvalue weighted by Crippen LogP contribution is 2.43. The third-order valence-electron chi connectivity index (χ3n) is 5.13. The van der Waals surface area contributed by atoms with Crippen LogP contribution < -0.4 is 0 Å². The van der Waals surface area contributed by atoms with Gasteiger partial charge in [0, 0.05) is 5.39 Å². The van der Waals surface area contributed by atoms with Crippen molar-refractivity contribution in [3.8, 4) is 28.0 Å². The zero-order valence-electron chi connectivity index (χ0n) is 16.0. The minimum Gasteiger partial charge on any atom is -0.507 e. The number of hydrogen-bond donors (Lipinski definition) is 1. The lowest BCUT2D eigenvalue weighted by molar-refractivity contribution is 0.482. The molecule has 0 aliphatic carbocycles. The Morgan fingerprint density at radius 1 is 0.630 bits per heavy atom. The zero-order valence-corrected chi connectivity index (χ0v) is 16.0. The summed E-state index contributed by atoms with van der Waals surface area (Å²) in [5, 5.41) is 12.8. The average molecular weight is 352 g/mol. The van der Waals surface area contributed by atoms with Crippen molar-refractivity contribution >= 4 is 10.8 Å². The molecule has 4 rings (SSSR count). The Bertz CT molecular complexity index is 1090. The summed E-state index contributed by atoms with van der Waals surface area (Å²) >= 11 is 0. The first kappa shape index (κ1) is 17.4. The van der Waals surface area contributed by atoms with Crippen LogP contribution in [0.1, 0.15) is 26.3 Å². The maximum Gasteiger partial charge on any atom is 0.124 e. The fraction of sp³-hybridized carbons (Fsp3) is 0.154. The summed E-state index contributed by atoms with van der Waals surface area (Å²) in [5.74, 6) is 0.323. The summed E-state index contributed by atoms with van der Waals surface area (Å²) in [7, 11) is 0. The highest BCUT2D eigenvalue weighted by atomic mass is 16.3. The molecule has 0 amide bonds. The van der Waals surface area contributed by atoms with Crippen molar-refractivity contribution in [2.24, 2.45) is 0 Å². The summed E-state index contributed by atoms with van der Waals surface area (Å²) in [6.07, 6.45) is 0. The molecule has 0 aliphatic heterocycles. The first-order valence-electron chi connectivity index (χ1n) is 9.36. The van der Waals surface area contributed by atoms with Crippen molar-refractivity contribution in [2.75, 3.05) is 0 Å². The quantitative estimate of drug-likeness (QED) is 0.405. The molecule has 0 unspecified atom stereocenters. The maximum atomic E-state index is 10.8. The number of rotatable bonds is 2. The van der Waals surface area contributed by atoms with Gasteiger partial charge in [0.05, 0.1) is 0 Å². The third kappa shape index (κ3) is 3.21. The number of hydrogen-bond acceptors (Lipinski definition) is 1. The van der Waals surface area contributed by atoms with Gasteiger partial charge in [0.15, 0.2) is 0 Å². The summed E-state index contributed by atoms with van der Waals surface area (Å²) in [6, 6.07) is 29.1. The van der Waals surface area contributed by atoms with E-state index in [1.54, 1.807) is 0 Å². The first-order chi connectivity index (χ1) is 12.9. The Labute approximate surface area is 160 Å². The van der Waals surface area contributed by atoms with Gasteiger partial charge in [0.25, 0.3) is 0 Å². The predicted molar refractivity (Wildman–Crippen MR) is 115 cm³/mol. The highest BCUT2D eigenvalue weighted by Gasteiger charge is 2.19. The average Bonchev–Trinajstić information content (AvgIpc) is 2.68. The van der Waals surface area contributed by atoms with Crippen LogP contribution in [0.15, 0.2) is 84.9 Å². The molecular weight excluding hydrogens is 328 g/mol. The molecule has 1 nitrogen and oxygen atoms in total. The molecule has 1 N–H and O–H groups in total. The lowest BCUT2D eigenvalue weighted by Gasteiger charge is -2.22. The molecule has 4 aromatic carbocycles. The van der Waals surface area contributed by atoms with E-state index in [0.29, 0.717) is 5.75 Å². The molecule has 0 saturated carbocycles. The Morgan fingerprint density at radius 3 is 1.81 bits per heavy atom. The first-order valence-corrected chi connectivity index (χ1v) is 9.36. The van der Waals surface area contributed by atoms with Crippen LogP contribution in [0.4, 0.5) is 0 Å². The van der Waals surface area contributed by atoms with E-state index in [2.05, 4.69) is 69.3 Å². The van der Waals surface area contributed by atoms with E-state index in [9.17, 15) is 5.11 Å². The largest absolute Gasteiger partial charge is 0.507 e. The van der Waals surface area contributed by atoms with Crippen molar-refractivity contribution in [2.45, 2.75) is 26.2 Å². The second kappa shape index (κ2) is 6.59. The van der Waals surface area contributed by atoms with Gasteiger partial charge in [0.2, 0.25) is 0 Å². The third-order valence-corrected chi connectivity index (χ3v) is 5.13. The molecule has 4 aromatic rings. The fourth-order valence-corrected chi connectivity index (χ4v) is 3.63. The maximum absolute atomic E-state index is 10.8. The second-order valence-corrected chi connectivity index (χ2v) is 8.06. The van der Waals surface area contributed by atoms with Gasteiger partial charge in [-0.25, -0.2) is 0 Å². The summed E-state index contributed by atoms with van der Waals surface area (Å²) in [5.41, 5.74) is 5.79. The normalized spacial score (nSPS) is 11.7. The zero-order chi connectivity index (χ0) is 19.0. The minimum atomic E-state index is 0.0422. The molecule has 0 saturated heterocycles. The Morgan fingerprint density at radius 2 is 1.22 bits per heavy atom. The molecule has 0 heterocycles. The Hall–Kier alpha value is -3.06. The minimum absolute atomic E-state index is 0.0422. The Kier molecular flexibility index (Phi) is 4.24. The van der Waals surface area contributed by atoms with Gasteiger partial charge >= 0.3 is 0 Å². The van der Waals surface area contributed by atoms with E-state index in [4.69, 9.17) is 0 Å². The van der Waals surface area contributed by atoms with E-state index in [-0.39, 0.29) is 5.41 Å². The standard InChI is InChI=1S/C26H24O/c1-26(2,3)20-14-15-21-23(16-20)25(19-12-8-5-9-13-19)22(17-24(21)27)18-10-6-4-7-11-18/h4-17,27H,1-3H3. The van der Waals surface area contributed by atoms with Crippen molar-refractivity contribution in [1.82, 2.24) is 0 Å². The second-order valence-electron chi connectivity index (χ2n) is 8.06. The van der Waals surface area contributed by atoms with Crippen LogP contribution in [0.2, 0.25) is 0 Å². The number of aromatic hydroxyl groups is 1. The molecule has 0 fully saturated rings. The van der Waals surface area contributed by atoms with Crippen LogP contribution in [-0.4, -0.2) is 5.11 Å². The van der Waals surface area contributed by atoms with Crippen molar-refractivity contribution in [1.29, 1.82) is 0 Å². The van der Waals surface area contributed by atoms with Crippen LogP contribution in [-0.2, 0) is 5.41 Å². The summed E-state index contributed by atoms with van der Waals surface area (Å²) in [6.45, 7) is 6.66. The number of phenols is 1. The van der Waals surface area contributed by atoms with Crippen LogP contribution in [0.25, 0.3) is 33.0 Å². The topological polar surface area (TPSA) is 20.2 Å². The van der Waals surface area contributed by atoms with Crippen LogP contribution in [0, 0.1) is 0 Å². The van der Waals surface area contributed by atoms with E-state index in [1.807, 2.05) is 36.4 Å². The number of phenolic OH excluding ortho intramolecular Hbond substituents is 1. The van der Waals surface area contributed by atoms with Crippen LogP contribution >= 0.6 is 0 Å². The highest BCUT2D eigenvalue weighted by molar-refractivity contribution is 6.07. The molecule has 0 bridgehead atoms. The molecule has 134 valence electrons. The van der Waals surface area contributed by atoms with Gasteiger partial charge in [-0.3, -0.25) is 0 Å². The van der Waals surface area contributed by atoms with Crippen molar-refractivity contribution in [3.05, 3.63) is 90.5 Å². The van der Waals surface area contributed by atoms with E-state index < -0.39 is 0 Å². The van der Waals surface area contributed by atoms with Gasteiger partial charge in [-0.1, -0.05) is 93.6 Å². The van der Waals surface area contributed by atoms with Gasteiger partial charge < -0.3 is 5.11 Å². The molecular formula is C26H24O. The van der Waals surface area contributed by atoms with Crippen LogP contribution in [0.5, 0.6) is 5.75 Å². The molecule has 0 spiro atoms. The van der Waals surface area contributed by atoms with E-state index in [1.165, 1.54) is 11.1 Å². The van der Waals surface area contributed by atoms with Crippen molar-refractivity contribution in [3.63, 3.8) is 0 Å². The van der Waals surface area contributed by atoms with Gasteiger partial charge in [-0.2, -0.15) is 0 Å². The van der Waals surface area contributed by atoms with E-state index in [0.717, 1.165) is 27.5 Å². The number of fused-ring (bicyclic) bond motifs is 1. The SMILES string of the molecule is CC(C)(C)c1ccc2c(O)cc(-c3ccccc3)c(-c3ccccc3)c2c1. The smallest absolute Gasteiger partial charge is 0.124 e. The molecule has 0 aromatic heterocycles. The number of benzene rings is 4. The fourth-order valence-electron chi connectivity index (χ4n) is 3.63. The molecule has 1 heteroatoms. The predicted octanol–water partition coefficient (Wildman–Crippen LogP) is 7.18.